The second kappa shape index (κ2) is 3.41. The molecule has 1 aromatic heterocycles. The maximum absolute atomic E-state index is 11.8. The van der Waals surface area contributed by atoms with Crippen LogP contribution in [0, 0.1) is 12.8 Å². The lowest BCUT2D eigenvalue weighted by molar-refractivity contribution is -0.139. The van der Waals surface area contributed by atoms with Gasteiger partial charge in [-0.15, -0.1) is 0 Å². The molecule has 1 N–H and O–H groups in total. The third kappa shape index (κ3) is 1.47. The number of nitrogens with zero attached hydrogens (tertiary/aromatic N) is 1. The molecule has 1 aromatic rings. The summed E-state index contributed by atoms with van der Waals surface area (Å²) in [6, 6.07) is 0. The molecule has 0 saturated carbocycles. The molecule has 0 spiro atoms. The predicted octanol–water partition coefficient (Wildman–Crippen LogP) is 1.59. The topological polar surface area (TPSA) is 67.3 Å². The number of hydrogen-bond acceptors (Lipinski definition) is 3. The number of halogens is 1. The molecule has 0 radical (unpaired) electrons. The summed E-state index contributed by atoms with van der Waals surface area (Å²) in [6.45, 7) is 1.78. The molecule has 0 amide bonds. The van der Waals surface area contributed by atoms with Gasteiger partial charge >= 0.3 is 5.97 Å². The van der Waals surface area contributed by atoms with Crippen LogP contribution in [0.25, 0.3) is 0 Å². The first-order chi connectivity index (χ1) is 7.02. The summed E-state index contributed by atoms with van der Waals surface area (Å²) < 4.78 is 0.737. The summed E-state index contributed by atoms with van der Waals surface area (Å²) in [7, 11) is 0. The molecule has 1 atom stereocenters. The normalized spacial score (nSPS) is 19.1. The molecule has 0 aliphatic heterocycles. The molecule has 1 aliphatic carbocycles. The molecule has 1 heterocycles. The van der Waals surface area contributed by atoms with Crippen molar-refractivity contribution in [3.05, 3.63) is 27.5 Å². The zero-order valence-corrected chi connectivity index (χ0v) is 9.54. The summed E-state index contributed by atoms with van der Waals surface area (Å²) >= 11 is 3.27. The van der Waals surface area contributed by atoms with Gasteiger partial charge in [0.2, 0.25) is 0 Å². The lowest BCUT2D eigenvalue weighted by Gasteiger charge is -2.03. The molecule has 0 saturated heterocycles. The van der Waals surface area contributed by atoms with Crippen LogP contribution < -0.4 is 0 Å². The van der Waals surface area contributed by atoms with Gasteiger partial charge in [0.05, 0.1) is 5.69 Å². The van der Waals surface area contributed by atoms with Crippen LogP contribution in [0.3, 0.4) is 0 Å². The summed E-state index contributed by atoms with van der Waals surface area (Å²) in [6.07, 6.45) is 1.81. The first kappa shape index (κ1) is 10.3. The highest BCUT2D eigenvalue weighted by Gasteiger charge is 2.38. The first-order valence-electron chi connectivity index (χ1n) is 4.43. The Hall–Kier alpha value is -1.23. The zero-order valence-electron chi connectivity index (χ0n) is 7.95. The fourth-order valence-electron chi connectivity index (χ4n) is 1.77. The number of aromatic nitrogens is 1. The molecule has 5 heteroatoms. The average molecular weight is 270 g/mol. The molecule has 78 valence electrons. The third-order valence-electron chi connectivity index (χ3n) is 2.61. The van der Waals surface area contributed by atoms with Gasteiger partial charge < -0.3 is 5.11 Å². The molecule has 4 nitrogen and oxygen atoms in total. The Morgan fingerprint density at radius 1 is 1.67 bits per heavy atom. The Labute approximate surface area is 94.5 Å². The number of carboxylic acid groups (broad SMARTS) is 1. The fourth-order valence-corrected chi connectivity index (χ4v) is 2.07. The van der Waals surface area contributed by atoms with Gasteiger partial charge in [-0.3, -0.25) is 14.6 Å². The number of Topliss-reactive ketones (excluding diaryl/α,β-unsaturated/α-hetero) is 1. The highest BCUT2D eigenvalue weighted by Crippen LogP contribution is 2.31. The van der Waals surface area contributed by atoms with Crippen LogP contribution in [-0.4, -0.2) is 21.8 Å². The molecule has 0 bridgehead atoms. The van der Waals surface area contributed by atoms with Gasteiger partial charge in [-0.2, -0.15) is 0 Å². The van der Waals surface area contributed by atoms with Crippen LogP contribution in [0.4, 0.5) is 0 Å². The van der Waals surface area contributed by atoms with Crippen LogP contribution in [-0.2, 0) is 11.2 Å². The lowest BCUT2D eigenvalue weighted by atomic mass is 10.0. The third-order valence-corrected chi connectivity index (χ3v) is 3.41. The molecular weight excluding hydrogens is 262 g/mol. The number of pyridine rings is 1. The van der Waals surface area contributed by atoms with Crippen LogP contribution in [0.2, 0.25) is 0 Å². The van der Waals surface area contributed by atoms with Crippen molar-refractivity contribution in [1.82, 2.24) is 4.98 Å². The van der Waals surface area contributed by atoms with Crippen molar-refractivity contribution in [2.75, 3.05) is 0 Å². The molecule has 0 aromatic carbocycles. The van der Waals surface area contributed by atoms with Crippen molar-refractivity contribution >= 4 is 27.7 Å². The molecule has 15 heavy (non-hydrogen) atoms. The number of carbonyl (C=O) groups excluding carboxylic acids is 1. The SMILES string of the molecule is Cc1c(Br)cnc2c1C(=O)C(C(=O)O)C2. The van der Waals surface area contributed by atoms with E-state index in [-0.39, 0.29) is 12.2 Å². The monoisotopic (exact) mass is 269 g/mol. The van der Waals surface area contributed by atoms with Crippen LogP contribution in [0.15, 0.2) is 10.7 Å². The predicted molar refractivity (Wildman–Crippen MR) is 55.8 cm³/mol. The summed E-state index contributed by atoms with van der Waals surface area (Å²) in [5.41, 5.74) is 1.83. The van der Waals surface area contributed by atoms with Gasteiger partial charge in [0.25, 0.3) is 0 Å². The van der Waals surface area contributed by atoms with Crippen LogP contribution in [0.1, 0.15) is 21.6 Å². The van der Waals surface area contributed by atoms with E-state index < -0.39 is 11.9 Å². The van der Waals surface area contributed by atoms with E-state index in [2.05, 4.69) is 20.9 Å². The number of fused-ring (bicyclic) bond motifs is 1. The second-order valence-electron chi connectivity index (χ2n) is 3.51. The molecule has 2 rings (SSSR count). The number of ketones is 1. The molecule has 0 fully saturated rings. The Kier molecular flexibility index (Phi) is 2.34. The van der Waals surface area contributed by atoms with Crippen molar-refractivity contribution in [2.24, 2.45) is 5.92 Å². The maximum Gasteiger partial charge on any atom is 0.314 e. The number of rotatable bonds is 1. The van der Waals surface area contributed by atoms with Crippen molar-refractivity contribution in [1.29, 1.82) is 0 Å². The number of carboxylic acids is 1. The maximum atomic E-state index is 11.8. The van der Waals surface area contributed by atoms with Gasteiger partial charge in [0.1, 0.15) is 5.92 Å². The van der Waals surface area contributed by atoms with Gasteiger partial charge in [-0.05, 0) is 28.4 Å². The van der Waals surface area contributed by atoms with Crippen molar-refractivity contribution in [2.45, 2.75) is 13.3 Å². The Morgan fingerprint density at radius 2 is 2.33 bits per heavy atom. The van der Waals surface area contributed by atoms with E-state index >= 15 is 0 Å². The van der Waals surface area contributed by atoms with E-state index in [4.69, 9.17) is 5.11 Å². The number of hydrogen-bond donors (Lipinski definition) is 1. The molecular formula is C10H8BrNO3. The standard InChI is InChI=1S/C10H8BrNO3/c1-4-6(11)3-12-7-2-5(10(14)15)9(13)8(4)7/h3,5H,2H2,1H3,(H,14,15). The Bertz CT molecular complexity index is 470. The summed E-state index contributed by atoms with van der Waals surface area (Å²) in [4.78, 5) is 26.7. The smallest absolute Gasteiger partial charge is 0.314 e. The lowest BCUT2D eigenvalue weighted by Crippen LogP contribution is -2.20. The van der Waals surface area contributed by atoms with Crippen molar-refractivity contribution in [3.8, 4) is 0 Å². The zero-order chi connectivity index (χ0) is 11.2. The van der Waals surface area contributed by atoms with Gasteiger partial charge in [-0.25, -0.2) is 0 Å². The van der Waals surface area contributed by atoms with E-state index in [0.29, 0.717) is 11.3 Å². The minimum Gasteiger partial charge on any atom is -0.481 e. The largest absolute Gasteiger partial charge is 0.481 e. The number of carbonyl (C=O) groups is 2. The number of aliphatic carboxylic acids is 1. The Morgan fingerprint density at radius 3 is 2.93 bits per heavy atom. The summed E-state index contributed by atoms with van der Waals surface area (Å²) in [5.74, 6) is -2.36. The Balaban J connectivity index is 2.56. The average Bonchev–Trinajstić information content (AvgIpc) is 2.50. The first-order valence-corrected chi connectivity index (χ1v) is 5.22. The molecule has 1 aliphatic rings. The van der Waals surface area contributed by atoms with E-state index in [1.807, 2.05) is 0 Å². The van der Waals surface area contributed by atoms with Crippen molar-refractivity contribution < 1.29 is 14.7 Å². The van der Waals surface area contributed by atoms with E-state index in [9.17, 15) is 9.59 Å². The van der Waals surface area contributed by atoms with E-state index in [0.717, 1.165) is 10.0 Å². The van der Waals surface area contributed by atoms with E-state index in [1.165, 1.54) is 0 Å². The van der Waals surface area contributed by atoms with E-state index in [1.54, 1.807) is 13.1 Å². The minimum atomic E-state index is -1.08. The highest BCUT2D eigenvalue weighted by atomic mass is 79.9. The van der Waals surface area contributed by atoms with Crippen LogP contribution >= 0.6 is 15.9 Å². The minimum absolute atomic E-state index is 0.206. The van der Waals surface area contributed by atoms with Crippen LogP contribution in [0.5, 0.6) is 0 Å². The van der Waals surface area contributed by atoms with Gasteiger partial charge in [-0.1, -0.05) is 0 Å². The van der Waals surface area contributed by atoms with Gasteiger partial charge in [0.15, 0.2) is 5.78 Å². The fraction of sp³-hybridized carbons (Fsp3) is 0.300. The molecule has 1 unspecified atom stereocenters. The second-order valence-corrected chi connectivity index (χ2v) is 4.37. The van der Waals surface area contributed by atoms with Crippen molar-refractivity contribution in [3.63, 3.8) is 0 Å². The van der Waals surface area contributed by atoms with Gasteiger partial charge in [0, 0.05) is 22.7 Å². The highest BCUT2D eigenvalue weighted by molar-refractivity contribution is 9.10. The quantitative estimate of drug-likeness (QED) is 0.787. The summed E-state index contributed by atoms with van der Waals surface area (Å²) in [5, 5.41) is 8.86.